The number of fused-ring (bicyclic) bond motifs is 2. The molecule has 8 nitrogen and oxygen atoms in total. The first-order valence-electron chi connectivity index (χ1n) is 12.0. The summed E-state index contributed by atoms with van der Waals surface area (Å²) in [5, 5.41) is 3.93. The van der Waals surface area contributed by atoms with Crippen LogP contribution in [0.3, 0.4) is 0 Å². The molecule has 0 bridgehead atoms. The minimum absolute atomic E-state index is 0.228. The number of likely N-dealkylation sites (tertiary alicyclic amines) is 1. The lowest BCUT2D eigenvalue weighted by atomic mass is 9.95. The quantitative estimate of drug-likeness (QED) is 0.487. The van der Waals surface area contributed by atoms with E-state index in [1.807, 2.05) is 25.1 Å². The van der Waals surface area contributed by atoms with Gasteiger partial charge in [0.1, 0.15) is 0 Å². The molecule has 0 saturated carbocycles. The number of aromatic amines is 1. The van der Waals surface area contributed by atoms with Crippen LogP contribution in [-0.2, 0) is 29.8 Å². The van der Waals surface area contributed by atoms with Crippen molar-refractivity contribution in [2.75, 3.05) is 33.4 Å². The lowest BCUT2D eigenvalue weighted by molar-refractivity contribution is 0.0966. The van der Waals surface area contributed by atoms with Gasteiger partial charge in [0.15, 0.2) is 5.75 Å². The minimum Gasteiger partial charge on any atom is -0.382 e. The molecule has 0 atom stereocenters. The lowest BCUT2D eigenvalue weighted by Crippen LogP contribution is -2.28. The van der Waals surface area contributed by atoms with Gasteiger partial charge in [0, 0.05) is 52.9 Å². The van der Waals surface area contributed by atoms with Crippen LogP contribution in [0, 0.1) is 0 Å². The van der Waals surface area contributed by atoms with Gasteiger partial charge in [0.25, 0.3) is 5.91 Å². The third kappa shape index (κ3) is 5.07. The van der Waals surface area contributed by atoms with Gasteiger partial charge < -0.3 is 19.4 Å². The standard InChI is InChI=1S/C26H32N4O4S/c1-29(2)16-19-12-20(24-21(14-27-26(24)31)25(19)34-35(3,32)33)23-13-18-11-17(7-8-22(18)28-23)15-30-9-5-4-6-10-30/h7-8,11-13,28H,4-6,9-10,14-16H2,1-3H3,(H,27,31). The Kier molecular flexibility index (Phi) is 6.33. The largest absolute Gasteiger partial charge is 0.382 e. The Morgan fingerprint density at radius 3 is 2.57 bits per heavy atom. The van der Waals surface area contributed by atoms with E-state index in [1.54, 1.807) is 0 Å². The van der Waals surface area contributed by atoms with E-state index < -0.39 is 10.1 Å². The fraction of sp³-hybridized carbons (Fsp3) is 0.423. The number of benzene rings is 2. The van der Waals surface area contributed by atoms with Gasteiger partial charge in [0.2, 0.25) is 0 Å². The van der Waals surface area contributed by atoms with Crippen LogP contribution in [0.5, 0.6) is 5.75 Å². The number of nitrogens with one attached hydrogen (secondary N) is 2. The van der Waals surface area contributed by atoms with E-state index in [2.05, 4.69) is 39.5 Å². The van der Waals surface area contributed by atoms with Crippen molar-refractivity contribution in [2.24, 2.45) is 0 Å². The molecule has 2 aliphatic heterocycles. The lowest BCUT2D eigenvalue weighted by Gasteiger charge is -2.26. The molecular formula is C26H32N4O4S. The number of carbonyl (C=O) groups is 1. The Balaban J connectivity index is 1.58. The van der Waals surface area contributed by atoms with Crippen molar-refractivity contribution in [3.05, 3.63) is 52.6 Å². The fourth-order valence-electron chi connectivity index (χ4n) is 5.19. The van der Waals surface area contributed by atoms with E-state index in [-0.39, 0.29) is 18.2 Å². The maximum absolute atomic E-state index is 12.9. The number of piperidine rings is 1. The first-order chi connectivity index (χ1) is 16.7. The Bertz CT molecular complexity index is 1390. The Labute approximate surface area is 206 Å². The van der Waals surface area contributed by atoms with Crippen molar-refractivity contribution in [3.63, 3.8) is 0 Å². The second kappa shape index (κ2) is 9.29. The summed E-state index contributed by atoms with van der Waals surface area (Å²) in [4.78, 5) is 20.8. The predicted molar refractivity (Wildman–Crippen MR) is 137 cm³/mol. The summed E-state index contributed by atoms with van der Waals surface area (Å²) in [7, 11) is 0.0611. The first kappa shape index (κ1) is 23.8. The Hall–Kier alpha value is -2.88. The molecule has 5 rings (SSSR count). The van der Waals surface area contributed by atoms with E-state index in [0.29, 0.717) is 17.7 Å². The monoisotopic (exact) mass is 496 g/mol. The molecule has 0 aliphatic carbocycles. The summed E-state index contributed by atoms with van der Waals surface area (Å²) in [6.07, 6.45) is 4.87. The van der Waals surface area contributed by atoms with Gasteiger partial charge in [-0.25, -0.2) is 0 Å². The molecule has 3 heterocycles. The molecule has 186 valence electrons. The summed E-state index contributed by atoms with van der Waals surface area (Å²) >= 11 is 0. The molecular weight excluding hydrogens is 464 g/mol. The van der Waals surface area contributed by atoms with Crippen LogP contribution in [0.2, 0.25) is 0 Å². The average molecular weight is 497 g/mol. The summed E-state index contributed by atoms with van der Waals surface area (Å²) in [6.45, 7) is 3.94. The molecule has 1 aromatic heterocycles. The number of rotatable bonds is 7. The molecule has 1 fully saturated rings. The zero-order chi connectivity index (χ0) is 24.7. The van der Waals surface area contributed by atoms with E-state index in [9.17, 15) is 13.2 Å². The van der Waals surface area contributed by atoms with E-state index in [4.69, 9.17) is 4.18 Å². The summed E-state index contributed by atoms with van der Waals surface area (Å²) < 4.78 is 29.4. The molecule has 2 aliphatic rings. The first-order valence-corrected chi connectivity index (χ1v) is 13.8. The number of amides is 1. The maximum atomic E-state index is 12.9. The normalized spacial score (nSPS) is 16.6. The van der Waals surface area contributed by atoms with Crippen molar-refractivity contribution in [3.8, 4) is 17.0 Å². The highest BCUT2D eigenvalue weighted by Crippen LogP contribution is 2.40. The predicted octanol–water partition coefficient (Wildman–Crippen LogP) is 3.46. The molecule has 0 spiro atoms. The molecule has 2 aromatic carbocycles. The highest BCUT2D eigenvalue weighted by molar-refractivity contribution is 7.86. The number of carbonyl (C=O) groups excluding carboxylic acids is 1. The maximum Gasteiger partial charge on any atom is 0.306 e. The topological polar surface area (TPSA) is 94.7 Å². The van der Waals surface area contributed by atoms with Crippen molar-refractivity contribution >= 4 is 26.9 Å². The average Bonchev–Trinajstić information content (AvgIpc) is 3.38. The van der Waals surface area contributed by atoms with Crippen LogP contribution in [0.15, 0.2) is 30.3 Å². The third-order valence-corrected chi connectivity index (χ3v) is 7.13. The number of hydrogen-bond acceptors (Lipinski definition) is 6. The van der Waals surface area contributed by atoms with E-state index in [0.717, 1.165) is 53.6 Å². The van der Waals surface area contributed by atoms with Crippen LogP contribution in [0.25, 0.3) is 22.2 Å². The molecule has 1 saturated heterocycles. The molecule has 35 heavy (non-hydrogen) atoms. The van der Waals surface area contributed by atoms with Gasteiger partial charge in [-0.2, -0.15) is 8.42 Å². The van der Waals surface area contributed by atoms with Crippen LogP contribution in [0.4, 0.5) is 0 Å². The van der Waals surface area contributed by atoms with Crippen LogP contribution in [-0.4, -0.2) is 62.5 Å². The fourth-order valence-corrected chi connectivity index (χ4v) is 5.70. The van der Waals surface area contributed by atoms with E-state index >= 15 is 0 Å². The Morgan fingerprint density at radius 1 is 1.09 bits per heavy atom. The van der Waals surface area contributed by atoms with Crippen molar-refractivity contribution in [2.45, 2.75) is 38.9 Å². The number of nitrogens with zero attached hydrogens (tertiary/aromatic N) is 2. The smallest absolute Gasteiger partial charge is 0.306 e. The van der Waals surface area contributed by atoms with Crippen molar-refractivity contribution in [1.29, 1.82) is 0 Å². The number of aromatic nitrogens is 1. The van der Waals surface area contributed by atoms with Crippen molar-refractivity contribution in [1.82, 2.24) is 20.1 Å². The van der Waals surface area contributed by atoms with Crippen LogP contribution >= 0.6 is 0 Å². The van der Waals surface area contributed by atoms with Gasteiger partial charge in [-0.3, -0.25) is 9.69 Å². The zero-order valence-corrected chi connectivity index (χ0v) is 21.3. The molecule has 0 radical (unpaired) electrons. The highest BCUT2D eigenvalue weighted by atomic mass is 32.2. The second-order valence-electron chi connectivity index (χ2n) is 9.92. The molecule has 1 amide bonds. The number of H-pyrrole nitrogens is 1. The van der Waals surface area contributed by atoms with Crippen molar-refractivity contribution < 1.29 is 17.4 Å². The number of hydrogen-bond donors (Lipinski definition) is 2. The minimum atomic E-state index is -3.76. The second-order valence-corrected chi connectivity index (χ2v) is 11.5. The van der Waals surface area contributed by atoms with Crippen LogP contribution < -0.4 is 9.50 Å². The zero-order valence-electron chi connectivity index (χ0n) is 20.5. The summed E-state index contributed by atoms with van der Waals surface area (Å²) in [6, 6.07) is 10.4. The SMILES string of the molecule is CN(C)Cc1cc(-c2cc3cc(CN4CCCCC4)ccc3[nH]2)c2c(c1OS(C)(=O)=O)CNC2=O. The van der Waals surface area contributed by atoms with Gasteiger partial charge in [-0.15, -0.1) is 0 Å². The van der Waals surface area contributed by atoms with Gasteiger partial charge in [-0.05, 0) is 69.9 Å². The summed E-state index contributed by atoms with van der Waals surface area (Å²) in [5.41, 5.74) is 5.62. The summed E-state index contributed by atoms with van der Waals surface area (Å²) in [5.74, 6) is 0.0208. The molecule has 2 N–H and O–H groups in total. The molecule has 0 unspecified atom stereocenters. The Morgan fingerprint density at radius 2 is 1.86 bits per heavy atom. The van der Waals surface area contributed by atoms with Gasteiger partial charge in [0.05, 0.1) is 11.8 Å². The third-order valence-electron chi connectivity index (χ3n) is 6.66. The molecule has 9 heteroatoms. The van der Waals surface area contributed by atoms with Crippen LogP contribution in [0.1, 0.15) is 46.3 Å². The molecule has 3 aromatic rings. The van der Waals surface area contributed by atoms with Gasteiger partial charge in [-0.1, -0.05) is 12.5 Å². The van der Waals surface area contributed by atoms with E-state index in [1.165, 1.54) is 24.8 Å². The van der Waals surface area contributed by atoms with Gasteiger partial charge >= 0.3 is 10.1 Å². The highest BCUT2D eigenvalue weighted by Gasteiger charge is 2.31.